The van der Waals surface area contributed by atoms with Gasteiger partial charge in [0.15, 0.2) is 0 Å². The Bertz CT molecular complexity index is 990. The van der Waals surface area contributed by atoms with Gasteiger partial charge in [0.2, 0.25) is 5.76 Å². The number of benzene rings is 2. The Hall–Kier alpha value is -2.79. The lowest BCUT2D eigenvalue weighted by Gasteiger charge is -2.20. The molecule has 1 heterocycles. The third-order valence-electron chi connectivity index (χ3n) is 4.39. The number of rotatable bonds is 7. The van der Waals surface area contributed by atoms with Crippen LogP contribution in [0.5, 0.6) is 0 Å². The number of nitrogens with one attached hydrogen (secondary N) is 1. The van der Waals surface area contributed by atoms with Gasteiger partial charge < -0.3 is 14.6 Å². The monoisotopic (exact) mass is 398 g/mol. The maximum atomic E-state index is 13.1. The Morgan fingerprint density at radius 1 is 1.04 bits per heavy atom. The van der Waals surface area contributed by atoms with Crippen LogP contribution in [0.15, 0.2) is 52.9 Å². The van der Waals surface area contributed by atoms with Gasteiger partial charge in [0, 0.05) is 29.1 Å². The minimum absolute atomic E-state index is 0.151. The van der Waals surface area contributed by atoms with Crippen molar-refractivity contribution in [2.75, 3.05) is 18.4 Å². The minimum atomic E-state index is -0.347. The van der Waals surface area contributed by atoms with Gasteiger partial charge >= 0.3 is 0 Å². The summed E-state index contributed by atoms with van der Waals surface area (Å²) in [6, 6.07) is 14.0. The highest BCUT2D eigenvalue weighted by molar-refractivity contribution is 6.31. The third-order valence-corrected chi connectivity index (χ3v) is 4.62. The predicted molar refractivity (Wildman–Crippen MR) is 112 cm³/mol. The molecule has 3 rings (SSSR count). The lowest BCUT2D eigenvalue weighted by Crippen LogP contribution is -2.32. The molecule has 0 fully saturated rings. The van der Waals surface area contributed by atoms with E-state index in [0.29, 0.717) is 40.3 Å². The van der Waals surface area contributed by atoms with E-state index in [9.17, 15) is 9.59 Å². The molecule has 2 aromatic carbocycles. The molecule has 0 aliphatic carbocycles. The van der Waals surface area contributed by atoms with Gasteiger partial charge in [-0.25, -0.2) is 0 Å². The Morgan fingerprint density at radius 2 is 1.75 bits per heavy atom. The molecule has 6 heteroatoms. The van der Waals surface area contributed by atoms with E-state index < -0.39 is 0 Å². The molecule has 2 amide bonds. The fraction of sp³-hybridized carbons (Fsp3) is 0.273. The van der Waals surface area contributed by atoms with Crippen LogP contribution in [-0.2, 0) is 0 Å². The van der Waals surface area contributed by atoms with Crippen LogP contribution >= 0.6 is 11.6 Å². The summed E-state index contributed by atoms with van der Waals surface area (Å²) >= 11 is 6.00. The van der Waals surface area contributed by atoms with E-state index in [-0.39, 0.29) is 17.6 Å². The fourth-order valence-electron chi connectivity index (χ4n) is 3.13. The van der Waals surface area contributed by atoms with E-state index in [1.54, 1.807) is 35.2 Å². The lowest BCUT2D eigenvalue weighted by atomic mass is 10.1. The second-order valence-corrected chi connectivity index (χ2v) is 7.00. The van der Waals surface area contributed by atoms with Crippen molar-refractivity contribution in [2.45, 2.75) is 26.7 Å². The zero-order chi connectivity index (χ0) is 20.1. The van der Waals surface area contributed by atoms with Gasteiger partial charge in [-0.3, -0.25) is 9.59 Å². The number of hydrogen-bond acceptors (Lipinski definition) is 3. The Labute approximate surface area is 169 Å². The summed E-state index contributed by atoms with van der Waals surface area (Å²) in [7, 11) is 0. The summed E-state index contributed by atoms with van der Waals surface area (Å²) in [6.45, 7) is 5.31. The highest BCUT2D eigenvalue weighted by Gasteiger charge is 2.26. The summed E-state index contributed by atoms with van der Waals surface area (Å²) in [5.41, 5.74) is 1.36. The van der Waals surface area contributed by atoms with Gasteiger partial charge in [0.25, 0.3) is 11.8 Å². The minimum Gasteiger partial charge on any atom is -0.449 e. The lowest BCUT2D eigenvalue weighted by molar-refractivity contribution is 0.0727. The fourth-order valence-corrected chi connectivity index (χ4v) is 3.32. The standard InChI is InChI=1S/C22H23ClN2O3/c1-3-12-25(13-4-2)22(27)20-19(17-10-5-6-11-18(17)28-20)24-21(26)15-8-7-9-16(23)14-15/h5-11,14H,3-4,12-13H2,1-2H3,(H,24,26). The number of halogens is 1. The normalized spacial score (nSPS) is 10.8. The Kier molecular flexibility index (Phi) is 6.37. The van der Waals surface area contributed by atoms with E-state index in [1.807, 2.05) is 32.0 Å². The largest absolute Gasteiger partial charge is 0.449 e. The van der Waals surface area contributed by atoms with Crippen LogP contribution in [0.25, 0.3) is 11.0 Å². The van der Waals surface area contributed by atoms with E-state index in [4.69, 9.17) is 16.0 Å². The maximum Gasteiger partial charge on any atom is 0.291 e. The highest BCUT2D eigenvalue weighted by Crippen LogP contribution is 2.32. The second kappa shape index (κ2) is 8.93. The van der Waals surface area contributed by atoms with Crippen LogP contribution in [0.2, 0.25) is 5.02 Å². The zero-order valence-electron chi connectivity index (χ0n) is 16.0. The van der Waals surface area contributed by atoms with Gasteiger partial charge in [-0.15, -0.1) is 0 Å². The Balaban J connectivity index is 2.01. The number of nitrogens with zero attached hydrogens (tertiary/aromatic N) is 1. The maximum absolute atomic E-state index is 13.1. The molecule has 0 unspecified atom stereocenters. The average Bonchev–Trinajstić information content (AvgIpc) is 3.06. The molecule has 0 saturated heterocycles. The summed E-state index contributed by atoms with van der Waals surface area (Å²) in [5, 5.41) is 4.02. The molecule has 0 radical (unpaired) electrons. The van der Waals surface area contributed by atoms with E-state index >= 15 is 0 Å². The first kappa shape index (κ1) is 20.0. The molecule has 0 saturated carbocycles. The third kappa shape index (κ3) is 4.20. The van der Waals surface area contributed by atoms with E-state index in [2.05, 4.69) is 5.32 Å². The molecule has 5 nitrogen and oxygen atoms in total. The first-order valence-electron chi connectivity index (χ1n) is 9.42. The van der Waals surface area contributed by atoms with Crippen molar-refractivity contribution in [1.82, 2.24) is 4.90 Å². The molecular weight excluding hydrogens is 376 g/mol. The summed E-state index contributed by atoms with van der Waals surface area (Å²) in [5.74, 6) is -0.416. The van der Waals surface area contributed by atoms with Crippen molar-refractivity contribution in [3.8, 4) is 0 Å². The quantitative estimate of drug-likeness (QED) is 0.563. The van der Waals surface area contributed by atoms with Crippen LogP contribution in [0.1, 0.15) is 47.6 Å². The molecule has 146 valence electrons. The van der Waals surface area contributed by atoms with Gasteiger partial charge in [-0.1, -0.05) is 43.6 Å². The highest BCUT2D eigenvalue weighted by atomic mass is 35.5. The molecular formula is C22H23ClN2O3. The number of fused-ring (bicyclic) bond motifs is 1. The molecule has 0 bridgehead atoms. The zero-order valence-corrected chi connectivity index (χ0v) is 16.8. The van der Waals surface area contributed by atoms with Crippen LogP contribution < -0.4 is 5.32 Å². The second-order valence-electron chi connectivity index (χ2n) is 6.56. The van der Waals surface area contributed by atoms with Crippen LogP contribution in [0, 0.1) is 0 Å². The number of para-hydroxylation sites is 1. The summed E-state index contributed by atoms with van der Waals surface area (Å²) in [6.07, 6.45) is 1.69. The van der Waals surface area contributed by atoms with Crippen LogP contribution in [-0.4, -0.2) is 29.8 Å². The topological polar surface area (TPSA) is 62.6 Å². The van der Waals surface area contributed by atoms with Crippen LogP contribution in [0.4, 0.5) is 5.69 Å². The van der Waals surface area contributed by atoms with Crippen molar-refractivity contribution in [2.24, 2.45) is 0 Å². The molecule has 0 aliphatic rings. The molecule has 1 N–H and O–H groups in total. The van der Waals surface area contributed by atoms with Crippen molar-refractivity contribution in [1.29, 1.82) is 0 Å². The smallest absolute Gasteiger partial charge is 0.291 e. The first-order chi connectivity index (χ1) is 13.5. The number of carbonyl (C=O) groups excluding carboxylic acids is 2. The molecule has 3 aromatic rings. The summed E-state index contributed by atoms with van der Waals surface area (Å²) < 4.78 is 5.86. The molecule has 0 atom stereocenters. The average molecular weight is 399 g/mol. The number of hydrogen-bond donors (Lipinski definition) is 1. The molecule has 1 aromatic heterocycles. The SMILES string of the molecule is CCCN(CCC)C(=O)c1oc2ccccc2c1NC(=O)c1cccc(Cl)c1. The number of furan rings is 1. The van der Waals surface area contributed by atoms with Crippen molar-refractivity contribution in [3.05, 3.63) is 64.9 Å². The number of anilines is 1. The number of amides is 2. The van der Waals surface area contributed by atoms with Crippen molar-refractivity contribution < 1.29 is 14.0 Å². The van der Waals surface area contributed by atoms with E-state index in [0.717, 1.165) is 12.8 Å². The summed E-state index contributed by atoms with van der Waals surface area (Å²) in [4.78, 5) is 27.7. The van der Waals surface area contributed by atoms with Crippen molar-refractivity contribution >= 4 is 40.1 Å². The van der Waals surface area contributed by atoms with Crippen molar-refractivity contribution in [3.63, 3.8) is 0 Å². The molecule has 0 aliphatic heterocycles. The van der Waals surface area contributed by atoms with E-state index in [1.165, 1.54) is 0 Å². The van der Waals surface area contributed by atoms with Gasteiger partial charge in [0.1, 0.15) is 11.3 Å². The molecule has 28 heavy (non-hydrogen) atoms. The predicted octanol–water partition coefficient (Wildman–Crippen LogP) is 5.60. The van der Waals surface area contributed by atoms with Crippen LogP contribution in [0.3, 0.4) is 0 Å². The first-order valence-corrected chi connectivity index (χ1v) is 9.80. The number of carbonyl (C=O) groups is 2. The Morgan fingerprint density at radius 3 is 2.43 bits per heavy atom. The molecule has 0 spiro atoms. The van der Waals surface area contributed by atoms with Gasteiger partial charge in [-0.2, -0.15) is 0 Å². The van der Waals surface area contributed by atoms with Gasteiger partial charge in [-0.05, 0) is 43.2 Å². The van der Waals surface area contributed by atoms with Gasteiger partial charge in [0.05, 0.1) is 0 Å².